The van der Waals surface area contributed by atoms with Crippen LogP contribution in [-0.2, 0) is 6.54 Å². The standard InChI is InChI=1S/C11H15N3O.2ClH/c1-3-14-8-6-4-5-7(12)9(8)10(13)11(14)15-2;;/h4-6H,3,12-13H2,1-2H3;2*1H. The number of ether oxygens (including phenoxy) is 1. The van der Waals surface area contributed by atoms with Crippen LogP contribution in [0.5, 0.6) is 5.88 Å². The van der Waals surface area contributed by atoms with Gasteiger partial charge in [0.25, 0.3) is 0 Å². The number of aryl methyl sites for hydroxylation is 1. The normalized spacial score (nSPS) is 9.53. The van der Waals surface area contributed by atoms with E-state index in [2.05, 4.69) is 0 Å². The van der Waals surface area contributed by atoms with Crippen molar-refractivity contribution in [1.29, 1.82) is 0 Å². The van der Waals surface area contributed by atoms with E-state index in [4.69, 9.17) is 16.2 Å². The zero-order valence-electron chi connectivity index (χ0n) is 9.77. The van der Waals surface area contributed by atoms with Crippen molar-refractivity contribution in [3.8, 4) is 5.88 Å². The topological polar surface area (TPSA) is 66.2 Å². The Morgan fingerprint density at radius 3 is 2.41 bits per heavy atom. The summed E-state index contributed by atoms with van der Waals surface area (Å²) < 4.78 is 7.30. The minimum Gasteiger partial charge on any atom is -0.481 e. The van der Waals surface area contributed by atoms with Gasteiger partial charge in [-0.25, -0.2) is 0 Å². The number of aromatic nitrogens is 1. The van der Waals surface area contributed by atoms with Crippen molar-refractivity contribution in [2.75, 3.05) is 18.6 Å². The monoisotopic (exact) mass is 277 g/mol. The Kier molecular flexibility index (Phi) is 5.45. The number of benzene rings is 1. The minimum atomic E-state index is 0. The van der Waals surface area contributed by atoms with Crippen LogP contribution in [-0.4, -0.2) is 11.7 Å². The van der Waals surface area contributed by atoms with Gasteiger partial charge in [-0.15, -0.1) is 24.8 Å². The summed E-state index contributed by atoms with van der Waals surface area (Å²) in [4.78, 5) is 0. The summed E-state index contributed by atoms with van der Waals surface area (Å²) >= 11 is 0. The van der Waals surface area contributed by atoms with Gasteiger partial charge in [-0.3, -0.25) is 0 Å². The molecule has 0 bridgehead atoms. The molecule has 6 heteroatoms. The Hall–Kier alpha value is -1.26. The summed E-state index contributed by atoms with van der Waals surface area (Å²) in [5.74, 6) is 0.686. The third kappa shape index (κ3) is 2.23. The highest BCUT2D eigenvalue weighted by Gasteiger charge is 2.15. The Morgan fingerprint density at radius 2 is 1.88 bits per heavy atom. The van der Waals surface area contributed by atoms with Gasteiger partial charge in [0.1, 0.15) is 5.69 Å². The highest BCUT2D eigenvalue weighted by atomic mass is 35.5. The molecule has 0 atom stereocenters. The van der Waals surface area contributed by atoms with Gasteiger partial charge in [0.2, 0.25) is 5.88 Å². The lowest BCUT2D eigenvalue weighted by Crippen LogP contribution is -1.98. The molecule has 2 rings (SSSR count). The Bertz CT molecular complexity index is 511. The van der Waals surface area contributed by atoms with E-state index in [0.717, 1.165) is 17.4 Å². The predicted molar refractivity (Wildman–Crippen MR) is 77.5 cm³/mol. The molecule has 0 aliphatic carbocycles. The van der Waals surface area contributed by atoms with Crippen molar-refractivity contribution in [1.82, 2.24) is 4.57 Å². The number of methoxy groups -OCH3 is 1. The average Bonchev–Trinajstić information content (AvgIpc) is 2.52. The molecule has 0 amide bonds. The molecule has 0 aliphatic heterocycles. The van der Waals surface area contributed by atoms with Gasteiger partial charge in [-0.05, 0) is 19.1 Å². The van der Waals surface area contributed by atoms with Crippen molar-refractivity contribution in [3.05, 3.63) is 18.2 Å². The number of fused-ring (bicyclic) bond motifs is 1. The van der Waals surface area contributed by atoms with E-state index in [1.54, 1.807) is 7.11 Å². The van der Waals surface area contributed by atoms with Gasteiger partial charge >= 0.3 is 0 Å². The predicted octanol–water partition coefficient (Wildman–Crippen LogP) is 2.68. The third-order valence-electron chi connectivity index (χ3n) is 2.62. The number of hydrogen-bond donors (Lipinski definition) is 2. The zero-order chi connectivity index (χ0) is 11.0. The molecule has 1 heterocycles. The molecule has 1 aromatic heterocycles. The van der Waals surface area contributed by atoms with Crippen LogP contribution in [0.4, 0.5) is 11.4 Å². The quantitative estimate of drug-likeness (QED) is 0.830. The second-order valence-electron chi connectivity index (χ2n) is 3.41. The second-order valence-corrected chi connectivity index (χ2v) is 3.41. The first-order valence-corrected chi connectivity index (χ1v) is 4.90. The summed E-state index contributed by atoms with van der Waals surface area (Å²) in [6.45, 7) is 2.85. The summed E-state index contributed by atoms with van der Waals surface area (Å²) in [6, 6.07) is 5.76. The lowest BCUT2D eigenvalue weighted by molar-refractivity contribution is 0.380. The van der Waals surface area contributed by atoms with Crippen molar-refractivity contribution in [2.24, 2.45) is 0 Å². The van der Waals surface area contributed by atoms with Gasteiger partial charge in [0, 0.05) is 17.6 Å². The molecule has 0 radical (unpaired) electrons. The van der Waals surface area contributed by atoms with Crippen molar-refractivity contribution >= 4 is 47.1 Å². The number of nitrogen functional groups attached to an aromatic ring is 2. The molecule has 1 aromatic carbocycles. The average molecular weight is 278 g/mol. The van der Waals surface area contributed by atoms with Gasteiger partial charge in [0.05, 0.1) is 12.6 Å². The summed E-state index contributed by atoms with van der Waals surface area (Å²) in [7, 11) is 1.62. The zero-order valence-corrected chi connectivity index (χ0v) is 11.4. The Labute approximate surface area is 113 Å². The van der Waals surface area contributed by atoms with Crippen molar-refractivity contribution in [2.45, 2.75) is 13.5 Å². The molecule has 4 N–H and O–H groups in total. The number of halogens is 2. The molecule has 0 spiro atoms. The molecule has 96 valence electrons. The number of rotatable bonds is 2. The van der Waals surface area contributed by atoms with E-state index in [1.807, 2.05) is 29.7 Å². The molecule has 0 saturated carbocycles. The van der Waals surface area contributed by atoms with Crippen LogP contribution in [0.15, 0.2) is 18.2 Å². The van der Waals surface area contributed by atoms with Crippen LogP contribution in [0.2, 0.25) is 0 Å². The van der Waals surface area contributed by atoms with Crippen LogP contribution in [0.1, 0.15) is 6.92 Å². The first-order valence-electron chi connectivity index (χ1n) is 4.90. The van der Waals surface area contributed by atoms with E-state index in [1.165, 1.54) is 0 Å². The van der Waals surface area contributed by atoms with Crippen molar-refractivity contribution < 1.29 is 4.74 Å². The lowest BCUT2D eigenvalue weighted by atomic mass is 10.2. The van der Waals surface area contributed by atoms with Gasteiger partial charge < -0.3 is 20.8 Å². The Balaban J connectivity index is 0.00000128. The maximum atomic E-state index is 6.00. The molecule has 2 aromatic rings. The SMILES string of the molecule is CCn1c(OC)c(N)c2c(N)cccc21.Cl.Cl. The summed E-state index contributed by atoms with van der Waals surface area (Å²) in [5.41, 5.74) is 14.2. The molecular formula is C11H17Cl2N3O. The smallest absolute Gasteiger partial charge is 0.218 e. The minimum absolute atomic E-state index is 0. The van der Waals surface area contributed by atoms with Crippen LogP contribution in [0.3, 0.4) is 0 Å². The molecule has 17 heavy (non-hydrogen) atoms. The fourth-order valence-corrected chi connectivity index (χ4v) is 1.97. The number of anilines is 2. The molecular weight excluding hydrogens is 261 g/mol. The highest BCUT2D eigenvalue weighted by Crippen LogP contribution is 2.37. The maximum absolute atomic E-state index is 6.00. The summed E-state index contributed by atoms with van der Waals surface area (Å²) in [6.07, 6.45) is 0. The maximum Gasteiger partial charge on any atom is 0.218 e. The third-order valence-corrected chi connectivity index (χ3v) is 2.62. The van der Waals surface area contributed by atoms with Gasteiger partial charge in [0.15, 0.2) is 0 Å². The molecule has 4 nitrogen and oxygen atoms in total. The van der Waals surface area contributed by atoms with Crippen LogP contribution >= 0.6 is 24.8 Å². The summed E-state index contributed by atoms with van der Waals surface area (Å²) in [5, 5.41) is 0.885. The molecule has 0 fully saturated rings. The fraction of sp³-hybridized carbons (Fsp3) is 0.273. The first kappa shape index (κ1) is 15.7. The highest BCUT2D eigenvalue weighted by molar-refractivity contribution is 6.03. The second kappa shape index (κ2) is 5.89. The molecule has 0 unspecified atom stereocenters. The largest absolute Gasteiger partial charge is 0.481 e. The van der Waals surface area contributed by atoms with E-state index in [9.17, 15) is 0 Å². The van der Waals surface area contributed by atoms with Crippen molar-refractivity contribution in [3.63, 3.8) is 0 Å². The molecule has 0 saturated heterocycles. The number of nitrogens with zero attached hydrogens (tertiary/aromatic N) is 1. The Morgan fingerprint density at radius 1 is 1.24 bits per heavy atom. The van der Waals surface area contributed by atoms with E-state index < -0.39 is 0 Å². The van der Waals surface area contributed by atoms with Gasteiger partial charge in [-0.1, -0.05) is 6.07 Å². The molecule has 0 aliphatic rings. The lowest BCUT2D eigenvalue weighted by Gasteiger charge is -2.05. The van der Waals surface area contributed by atoms with Crippen LogP contribution in [0.25, 0.3) is 10.9 Å². The van der Waals surface area contributed by atoms with Crippen LogP contribution < -0.4 is 16.2 Å². The van der Waals surface area contributed by atoms with Crippen LogP contribution in [0, 0.1) is 0 Å². The number of nitrogens with two attached hydrogens (primary N) is 2. The first-order chi connectivity index (χ1) is 7.20. The number of hydrogen-bond acceptors (Lipinski definition) is 3. The van der Waals surface area contributed by atoms with Gasteiger partial charge in [-0.2, -0.15) is 0 Å². The van der Waals surface area contributed by atoms with E-state index >= 15 is 0 Å². The van der Waals surface area contributed by atoms with E-state index in [-0.39, 0.29) is 24.8 Å². The fourth-order valence-electron chi connectivity index (χ4n) is 1.97. The van der Waals surface area contributed by atoms with E-state index in [0.29, 0.717) is 17.3 Å².